The van der Waals surface area contributed by atoms with Crippen LogP contribution in [0.5, 0.6) is 0 Å². The van der Waals surface area contributed by atoms with Crippen molar-refractivity contribution in [3.05, 3.63) is 152 Å². The third-order valence-corrected chi connectivity index (χ3v) is 13.7. The first kappa shape index (κ1) is 24.7. The van der Waals surface area contributed by atoms with E-state index in [1.54, 1.807) is 0 Å². The number of hydrogen-bond acceptors (Lipinski definition) is 2. The lowest BCUT2D eigenvalue weighted by atomic mass is 9.98. The van der Waals surface area contributed by atoms with Crippen LogP contribution in [-0.4, -0.2) is 9.38 Å². The van der Waals surface area contributed by atoms with E-state index >= 15 is 0 Å². The zero-order valence-electron chi connectivity index (χ0n) is 23.2. The van der Waals surface area contributed by atoms with Crippen molar-refractivity contribution in [2.75, 3.05) is 0 Å². The Morgan fingerprint density at radius 2 is 1.12 bits per heavy atom. The summed E-state index contributed by atoms with van der Waals surface area (Å²) < 4.78 is 2.38. The second-order valence-electron chi connectivity index (χ2n) is 11.1. The molecule has 0 saturated carbocycles. The molecule has 0 aliphatic heterocycles. The van der Waals surface area contributed by atoms with Gasteiger partial charge in [-0.2, -0.15) is 0 Å². The molecule has 0 saturated heterocycles. The highest BCUT2D eigenvalue weighted by Crippen LogP contribution is 2.46. The molecule has 0 bridgehead atoms. The number of pyridine rings is 1. The number of benzene rings is 7. The van der Waals surface area contributed by atoms with Gasteiger partial charge in [0.2, 0.25) is 0 Å². The highest BCUT2D eigenvalue weighted by atomic mass is 32.4. The van der Waals surface area contributed by atoms with E-state index < -0.39 is 6.04 Å². The van der Waals surface area contributed by atoms with Gasteiger partial charge in [-0.15, -0.1) is 0 Å². The smallest absolute Gasteiger partial charge is 0.147 e. The van der Waals surface area contributed by atoms with Gasteiger partial charge in [-0.1, -0.05) is 145 Å². The first-order chi connectivity index (χ1) is 21.2. The summed E-state index contributed by atoms with van der Waals surface area (Å²) in [6.07, 6.45) is 0. The molecular weight excluding hydrogens is 559 g/mol. The van der Waals surface area contributed by atoms with Crippen molar-refractivity contribution in [1.29, 1.82) is 0 Å². The molecule has 0 unspecified atom stereocenters. The first-order valence-corrected chi connectivity index (χ1v) is 17.3. The molecule has 4 heteroatoms. The van der Waals surface area contributed by atoms with Crippen LogP contribution in [0.25, 0.3) is 59.9 Å². The summed E-state index contributed by atoms with van der Waals surface area (Å²) in [5.74, 6) is 0. The third-order valence-electron chi connectivity index (χ3n) is 8.79. The van der Waals surface area contributed by atoms with Gasteiger partial charge in [0.05, 0.1) is 16.6 Å². The number of nitrogens with zero attached hydrogens (tertiary/aromatic N) is 2. The monoisotopic (exact) mass is 584 g/mol. The SMILES string of the molecule is S=P(c1ccccc1)(c1ccccc1)c1cccc2c1nc1c3c4ccccc4ccc3c3cc4ccccc4cc3n21. The maximum absolute atomic E-state index is 6.83. The normalized spacial score (nSPS) is 12.3. The summed E-state index contributed by atoms with van der Waals surface area (Å²) in [6.45, 7) is 0. The maximum Gasteiger partial charge on any atom is 0.147 e. The highest BCUT2D eigenvalue weighted by Gasteiger charge is 2.29. The zero-order valence-corrected chi connectivity index (χ0v) is 24.9. The molecule has 9 aromatic rings. The van der Waals surface area contributed by atoms with Crippen molar-refractivity contribution in [2.45, 2.75) is 0 Å². The summed E-state index contributed by atoms with van der Waals surface area (Å²) in [6, 6.07) is 51.9. The van der Waals surface area contributed by atoms with Crippen LogP contribution in [0, 0.1) is 0 Å². The Morgan fingerprint density at radius 1 is 0.488 bits per heavy atom. The van der Waals surface area contributed by atoms with Crippen molar-refractivity contribution in [1.82, 2.24) is 9.38 Å². The lowest BCUT2D eigenvalue weighted by molar-refractivity contribution is 1.32. The number of aromatic nitrogens is 2. The average molecular weight is 585 g/mol. The van der Waals surface area contributed by atoms with Gasteiger partial charge in [0, 0.05) is 22.1 Å². The van der Waals surface area contributed by atoms with Crippen molar-refractivity contribution in [3.63, 3.8) is 0 Å². The van der Waals surface area contributed by atoms with Crippen LogP contribution >= 0.6 is 6.04 Å². The molecule has 9 rings (SSSR count). The van der Waals surface area contributed by atoms with Gasteiger partial charge in [-0.05, 0) is 55.7 Å². The minimum Gasteiger partial charge on any atom is -0.292 e. The van der Waals surface area contributed by atoms with Crippen LogP contribution in [0.15, 0.2) is 152 Å². The largest absolute Gasteiger partial charge is 0.292 e. The van der Waals surface area contributed by atoms with E-state index in [1.165, 1.54) is 48.3 Å². The lowest BCUT2D eigenvalue weighted by Crippen LogP contribution is -2.25. The number of imidazole rings is 1. The molecular formula is C39H25N2PS. The molecule has 2 aromatic heterocycles. The zero-order chi connectivity index (χ0) is 28.5. The van der Waals surface area contributed by atoms with Gasteiger partial charge >= 0.3 is 0 Å². The quantitative estimate of drug-likeness (QED) is 0.117. The van der Waals surface area contributed by atoms with Crippen LogP contribution in [0.4, 0.5) is 0 Å². The summed E-state index contributed by atoms with van der Waals surface area (Å²) in [7, 11) is 0. The van der Waals surface area contributed by atoms with Crippen molar-refractivity contribution >= 4 is 93.7 Å². The number of fused-ring (bicyclic) bond motifs is 11. The Morgan fingerprint density at radius 3 is 1.84 bits per heavy atom. The van der Waals surface area contributed by atoms with Crippen LogP contribution < -0.4 is 15.9 Å². The van der Waals surface area contributed by atoms with Crippen molar-refractivity contribution in [3.8, 4) is 0 Å². The molecule has 202 valence electrons. The van der Waals surface area contributed by atoms with Gasteiger partial charge in [-0.25, -0.2) is 4.98 Å². The first-order valence-electron chi connectivity index (χ1n) is 14.5. The van der Waals surface area contributed by atoms with Crippen molar-refractivity contribution < 1.29 is 0 Å². The molecule has 0 spiro atoms. The van der Waals surface area contributed by atoms with Gasteiger partial charge in [0.15, 0.2) is 0 Å². The van der Waals surface area contributed by atoms with E-state index in [9.17, 15) is 0 Å². The fourth-order valence-corrected chi connectivity index (χ4v) is 10.8. The molecule has 0 fully saturated rings. The van der Waals surface area contributed by atoms with Gasteiger partial charge in [-0.3, -0.25) is 4.40 Å². The summed E-state index contributed by atoms with van der Waals surface area (Å²) in [5.41, 5.74) is 4.20. The second-order valence-corrected chi connectivity index (χ2v) is 15.5. The van der Waals surface area contributed by atoms with Crippen molar-refractivity contribution in [2.24, 2.45) is 0 Å². The molecule has 0 N–H and O–H groups in total. The molecule has 2 heterocycles. The fraction of sp³-hybridized carbons (Fsp3) is 0. The Kier molecular flexibility index (Phi) is 5.38. The lowest BCUT2D eigenvalue weighted by Gasteiger charge is -2.24. The van der Waals surface area contributed by atoms with Crippen LogP contribution in [0.1, 0.15) is 0 Å². The van der Waals surface area contributed by atoms with E-state index in [-0.39, 0.29) is 0 Å². The summed E-state index contributed by atoms with van der Waals surface area (Å²) in [5, 5.41) is 12.0. The molecule has 0 radical (unpaired) electrons. The van der Waals surface area contributed by atoms with E-state index in [0.717, 1.165) is 27.5 Å². The molecule has 0 atom stereocenters. The highest BCUT2D eigenvalue weighted by molar-refractivity contribution is 8.25. The van der Waals surface area contributed by atoms with Crippen LogP contribution in [0.3, 0.4) is 0 Å². The predicted molar refractivity (Wildman–Crippen MR) is 189 cm³/mol. The van der Waals surface area contributed by atoms with E-state index in [4.69, 9.17) is 16.8 Å². The summed E-state index contributed by atoms with van der Waals surface area (Å²) in [4.78, 5) is 5.56. The predicted octanol–water partition coefficient (Wildman–Crippen LogP) is 8.86. The molecule has 2 nitrogen and oxygen atoms in total. The molecule has 0 aliphatic rings. The average Bonchev–Trinajstić information content (AvgIpc) is 3.48. The molecule has 0 aliphatic carbocycles. The van der Waals surface area contributed by atoms with Gasteiger partial charge in [0.1, 0.15) is 5.65 Å². The summed E-state index contributed by atoms with van der Waals surface area (Å²) >= 11 is 6.83. The minimum absolute atomic E-state index is 0.972. The topological polar surface area (TPSA) is 17.3 Å². The Bertz CT molecular complexity index is 2540. The third kappa shape index (κ3) is 3.53. The standard InChI is InChI=1S/C39H25N2PS/c43-42(29-15-3-1-4-16-29,30-17-5-2-6-18-30)36-21-11-20-34-38(36)40-39-37-31-19-10-9-12-26(31)22-23-32(37)33-24-27-13-7-8-14-28(27)25-35(33)41(34)39/h1-25H. The molecule has 7 aromatic carbocycles. The Balaban J connectivity index is 1.52. The van der Waals surface area contributed by atoms with Gasteiger partial charge in [0.25, 0.3) is 0 Å². The Hall–Kier alpha value is -4.82. The second kappa shape index (κ2) is 9.34. The Labute approximate surface area is 253 Å². The van der Waals surface area contributed by atoms with Gasteiger partial charge < -0.3 is 0 Å². The fourth-order valence-electron chi connectivity index (χ4n) is 6.82. The van der Waals surface area contributed by atoms with E-state index in [2.05, 4.69) is 156 Å². The minimum atomic E-state index is -2.43. The maximum atomic E-state index is 6.83. The molecule has 43 heavy (non-hydrogen) atoms. The van der Waals surface area contributed by atoms with E-state index in [1.807, 2.05) is 0 Å². The number of para-hydroxylation sites is 1. The number of hydrogen-bond donors (Lipinski definition) is 0. The van der Waals surface area contributed by atoms with Crippen LogP contribution in [0.2, 0.25) is 0 Å². The van der Waals surface area contributed by atoms with Crippen LogP contribution in [-0.2, 0) is 11.8 Å². The number of rotatable bonds is 3. The molecule has 0 amide bonds. The van der Waals surface area contributed by atoms with E-state index in [0.29, 0.717) is 0 Å².